The van der Waals surface area contributed by atoms with Gasteiger partial charge in [0.2, 0.25) is 0 Å². The molecule has 0 aromatic heterocycles. The highest BCUT2D eigenvalue weighted by Crippen LogP contribution is 2.27. The minimum Gasteiger partial charge on any atom is -0.493 e. The Balaban J connectivity index is 1.39. The zero-order valence-electron chi connectivity index (χ0n) is 16.0. The average molecular weight is 369 g/mol. The second-order valence-corrected chi connectivity index (χ2v) is 6.88. The number of likely N-dealkylation sites (tertiary alicyclic amines) is 1. The van der Waals surface area contributed by atoms with Crippen LogP contribution in [-0.4, -0.2) is 44.2 Å². The molecule has 1 saturated heterocycles. The lowest BCUT2D eigenvalue weighted by atomic mass is 10.1. The lowest BCUT2D eigenvalue weighted by Crippen LogP contribution is -2.33. The molecule has 1 aliphatic rings. The van der Waals surface area contributed by atoms with Crippen molar-refractivity contribution in [3.63, 3.8) is 0 Å². The van der Waals surface area contributed by atoms with Crippen LogP contribution in [0.2, 0.25) is 0 Å². The normalized spacial score (nSPS) is 16.2. The first kappa shape index (κ1) is 19.1. The molecular weight excluding hydrogens is 342 g/mol. The predicted octanol–water partition coefficient (Wildman–Crippen LogP) is 3.70. The fraction of sp³-hybridized carbons (Fsp3) is 0.409. The molecule has 1 aliphatic heterocycles. The van der Waals surface area contributed by atoms with Crippen molar-refractivity contribution >= 4 is 5.91 Å². The van der Waals surface area contributed by atoms with Crippen molar-refractivity contribution in [1.82, 2.24) is 4.90 Å². The number of hydrogen-bond acceptors (Lipinski definition) is 4. The Kier molecular flexibility index (Phi) is 6.58. The largest absolute Gasteiger partial charge is 0.493 e. The molecule has 0 N–H and O–H groups in total. The number of aryl methyl sites for hydroxylation is 1. The van der Waals surface area contributed by atoms with E-state index in [1.165, 1.54) is 5.56 Å². The second-order valence-electron chi connectivity index (χ2n) is 6.88. The van der Waals surface area contributed by atoms with Crippen molar-refractivity contribution in [3.8, 4) is 17.2 Å². The van der Waals surface area contributed by atoms with Gasteiger partial charge >= 0.3 is 0 Å². The van der Waals surface area contributed by atoms with Gasteiger partial charge in [-0.05, 0) is 49.9 Å². The van der Waals surface area contributed by atoms with Crippen LogP contribution in [0.15, 0.2) is 48.5 Å². The lowest BCUT2D eigenvalue weighted by molar-refractivity contribution is -0.132. The smallest absolute Gasteiger partial charge is 0.260 e. The number of benzene rings is 2. The molecule has 2 aromatic rings. The van der Waals surface area contributed by atoms with Crippen molar-refractivity contribution in [2.45, 2.75) is 19.8 Å². The van der Waals surface area contributed by atoms with E-state index in [0.29, 0.717) is 12.5 Å². The molecule has 2 aromatic carbocycles. The standard InChI is InChI=1S/C22H27NO4/c1-17-7-9-19(10-8-17)27-16-22(24)23-13-11-18(15-23)12-14-26-21-6-4-3-5-20(21)25-2/h3-10,18H,11-16H2,1-2H3. The van der Waals surface area contributed by atoms with Crippen LogP contribution in [0.1, 0.15) is 18.4 Å². The van der Waals surface area contributed by atoms with Crippen LogP contribution in [0.4, 0.5) is 0 Å². The number of rotatable bonds is 8. The first-order valence-corrected chi connectivity index (χ1v) is 9.39. The number of hydrogen-bond donors (Lipinski definition) is 0. The Morgan fingerprint density at radius 3 is 2.56 bits per heavy atom. The highest BCUT2D eigenvalue weighted by atomic mass is 16.5. The summed E-state index contributed by atoms with van der Waals surface area (Å²) in [7, 11) is 1.64. The minimum atomic E-state index is 0.0451. The van der Waals surface area contributed by atoms with Gasteiger partial charge in [-0.25, -0.2) is 0 Å². The zero-order valence-corrected chi connectivity index (χ0v) is 16.0. The van der Waals surface area contributed by atoms with Crippen LogP contribution in [-0.2, 0) is 4.79 Å². The van der Waals surface area contributed by atoms with E-state index in [1.54, 1.807) is 7.11 Å². The van der Waals surface area contributed by atoms with Gasteiger partial charge in [-0.2, -0.15) is 0 Å². The molecule has 144 valence electrons. The number of carbonyl (C=O) groups excluding carboxylic acids is 1. The third kappa shape index (κ3) is 5.39. The Morgan fingerprint density at radius 1 is 1.07 bits per heavy atom. The van der Waals surface area contributed by atoms with Crippen LogP contribution >= 0.6 is 0 Å². The van der Waals surface area contributed by atoms with Crippen LogP contribution in [0.3, 0.4) is 0 Å². The molecule has 1 fully saturated rings. The van der Waals surface area contributed by atoms with Gasteiger partial charge in [0, 0.05) is 13.1 Å². The number of amides is 1. The third-order valence-corrected chi connectivity index (χ3v) is 4.87. The van der Waals surface area contributed by atoms with Gasteiger partial charge in [0.1, 0.15) is 5.75 Å². The summed E-state index contributed by atoms with van der Waals surface area (Å²) in [6.07, 6.45) is 1.92. The van der Waals surface area contributed by atoms with Crippen molar-refractivity contribution in [3.05, 3.63) is 54.1 Å². The van der Waals surface area contributed by atoms with Crippen LogP contribution in [0, 0.1) is 12.8 Å². The Hall–Kier alpha value is -2.69. The maximum atomic E-state index is 12.4. The van der Waals surface area contributed by atoms with E-state index in [9.17, 15) is 4.79 Å². The summed E-state index contributed by atoms with van der Waals surface area (Å²) in [4.78, 5) is 14.3. The molecule has 1 amide bonds. The zero-order chi connectivity index (χ0) is 19.1. The van der Waals surface area contributed by atoms with Gasteiger partial charge in [0.25, 0.3) is 5.91 Å². The number of methoxy groups -OCH3 is 1. The molecule has 1 unspecified atom stereocenters. The molecule has 0 radical (unpaired) electrons. The van der Waals surface area contributed by atoms with Crippen LogP contribution in [0.5, 0.6) is 17.2 Å². The highest BCUT2D eigenvalue weighted by Gasteiger charge is 2.26. The number of nitrogens with zero attached hydrogens (tertiary/aromatic N) is 1. The molecule has 27 heavy (non-hydrogen) atoms. The van der Waals surface area contributed by atoms with Gasteiger partial charge in [-0.1, -0.05) is 29.8 Å². The molecule has 0 spiro atoms. The molecule has 5 nitrogen and oxygen atoms in total. The van der Waals surface area contributed by atoms with E-state index in [0.717, 1.165) is 43.2 Å². The SMILES string of the molecule is COc1ccccc1OCCC1CCN(C(=O)COc2ccc(C)cc2)C1. The average Bonchev–Trinajstić information content (AvgIpc) is 3.17. The predicted molar refractivity (Wildman–Crippen MR) is 104 cm³/mol. The quantitative estimate of drug-likeness (QED) is 0.712. The fourth-order valence-electron chi connectivity index (χ4n) is 3.24. The maximum Gasteiger partial charge on any atom is 0.260 e. The highest BCUT2D eigenvalue weighted by molar-refractivity contribution is 5.78. The Labute approximate surface area is 160 Å². The van der Waals surface area contributed by atoms with E-state index in [2.05, 4.69) is 0 Å². The minimum absolute atomic E-state index is 0.0451. The van der Waals surface area contributed by atoms with Gasteiger partial charge in [0.15, 0.2) is 18.1 Å². The van der Waals surface area contributed by atoms with Crippen molar-refractivity contribution in [1.29, 1.82) is 0 Å². The van der Waals surface area contributed by atoms with Crippen LogP contribution in [0.25, 0.3) is 0 Å². The summed E-state index contributed by atoms with van der Waals surface area (Å²) >= 11 is 0. The first-order chi connectivity index (χ1) is 13.2. The molecule has 1 atom stereocenters. The van der Waals surface area contributed by atoms with E-state index < -0.39 is 0 Å². The molecule has 0 bridgehead atoms. The summed E-state index contributed by atoms with van der Waals surface area (Å²) in [5, 5.41) is 0. The van der Waals surface area contributed by atoms with Crippen LogP contribution < -0.4 is 14.2 Å². The number of carbonyl (C=O) groups is 1. The van der Waals surface area contributed by atoms with Crippen molar-refractivity contribution < 1.29 is 19.0 Å². The van der Waals surface area contributed by atoms with E-state index >= 15 is 0 Å². The number of para-hydroxylation sites is 2. The molecule has 0 aliphatic carbocycles. The topological polar surface area (TPSA) is 48.0 Å². The monoisotopic (exact) mass is 369 g/mol. The molecule has 3 rings (SSSR count). The summed E-state index contributed by atoms with van der Waals surface area (Å²) in [5.74, 6) is 2.74. The van der Waals surface area contributed by atoms with E-state index in [-0.39, 0.29) is 12.5 Å². The molecule has 5 heteroatoms. The summed E-state index contributed by atoms with van der Waals surface area (Å²) in [5.41, 5.74) is 1.17. The summed E-state index contributed by atoms with van der Waals surface area (Å²) in [6, 6.07) is 15.4. The van der Waals surface area contributed by atoms with Gasteiger partial charge in [0.05, 0.1) is 13.7 Å². The molecular formula is C22H27NO4. The third-order valence-electron chi connectivity index (χ3n) is 4.87. The Morgan fingerprint density at radius 2 is 1.81 bits per heavy atom. The van der Waals surface area contributed by atoms with Crippen molar-refractivity contribution in [2.75, 3.05) is 33.4 Å². The van der Waals surface area contributed by atoms with Gasteiger partial charge in [-0.3, -0.25) is 4.79 Å². The molecule has 1 heterocycles. The second kappa shape index (κ2) is 9.31. The number of ether oxygens (including phenoxy) is 3. The summed E-state index contributed by atoms with van der Waals surface area (Å²) < 4.78 is 16.7. The summed E-state index contributed by atoms with van der Waals surface area (Å²) in [6.45, 7) is 4.29. The molecule has 0 saturated carbocycles. The fourth-order valence-corrected chi connectivity index (χ4v) is 3.24. The maximum absolute atomic E-state index is 12.4. The van der Waals surface area contributed by atoms with Crippen molar-refractivity contribution in [2.24, 2.45) is 5.92 Å². The first-order valence-electron chi connectivity index (χ1n) is 9.39. The van der Waals surface area contributed by atoms with Gasteiger partial charge < -0.3 is 19.1 Å². The van der Waals surface area contributed by atoms with E-state index in [4.69, 9.17) is 14.2 Å². The lowest BCUT2D eigenvalue weighted by Gasteiger charge is -2.17. The van der Waals surface area contributed by atoms with E-state index in [1.807, 2.05) is 60.4 Å². The Bertz CT molecular complexity index is 744. The van der Waals surface area contributed by atoms with Gasteiger partial charge in [-0.15, -0.1) is 0 Å².